The van der Waals surface area contributed by atoms with Crippen LogP contribution in [0.2, 0.25) is 5.02 Å². The van der Waals surface area contributed by atoms with Gasteiger partial charge >= 0.3 is 12.1 Å². The summed E-state index contributed by atoms with van der Waals surface area (Å²) >= 11 is 10.0. The number of hydrogen-bond acceptors (Lipinski definition) is 7. The van der Waals surface area contributed by atoms with Crippen LogP contribution in [0.4, 0.5) is 18.9 Å². The van der Waals surface area contributed by atoms with Crippen LogP contribution in [0, 0.1) is 17.2 Å². The zero-order chi connectivity index (χ0) is 28.9. The van der Waals surface area contributed by atoms with Crippen molar-refractivity contribution in [3.63, 3.8) is 0 Å². The second-order valence-corrected chi connectivity index (χ2v) is 10.3. The van der Waals surface area contributed by atoms with E-state index in [0.29, 0.717) is 17.9 Å². The van der Waals surface area contributed by atoms with Gasteiger partial charge in [-0.3, -0.25) is 14.4 Å². The van der Waals surface area contributed by atoms with Crippen molar-refractivity contribution < 1.29 is 37.0 Å². The molecule has 14 heteroatoms. The maximum atomic E-state index is 13.4. The lowest BCUT2D eigenvalue weighted by Crippen LogP contribution is -2.44. The lowest BCUT2D eigenvalue weighted by atomic mass is 9.78. The number of carbonyl (C=O) groups is 3. The number of thioether (sulfide) groups is 1. The topological polar surface area (TPSA) is 118 Å². The second-order valence-electron chi connectivity index (χ2n) is 7.97. The molecule has 0 radical (unpaired) electrons. The molecule has 3 rings (SSSR count). The van der Waals surface area contributed by atoms with Crippen molar-refractivity contribution in [3.8, 4) is 11.8 Å². The number of ether oxygens (including phenoxy) is 2. The Morgan fingerprint density at radius 3 is 2.56 bits per heavy atom. The van der Waals surface area contributed by atoms with Gasteiger partial charge in [0.15, 0.2) is 0 Å². The molecule has 0 aliphatic carbocycles. The summed E-state index contributed by atoms with van der Waals surface area (Å²) in [4.78, 5) is 38.1. The monoisotopic (exact) mass is 645 g/mol. The molecule has 1 aliphatic rings. The van der Waals surface area contributed by atoms with Gasteiger partial charge in [-0.2, -0.15) is 18.4 Å². The van der Waals surface area contributed by atoms with Gasteiger partial charge in [0.2, 0.25) is 11.8 Å². The Morgan fingerprint density at radius 1 is 1.26 bits per heavy atom. The van der Waals surface area contributed by atoms with Gasteiger partial charge in [0.05, 0.1) is 52.4 Å². The molecule has 0 bridgehead atoms. The van der Waals surface area contributed by atoms with Crippen molar-refractivity contribution in [1.82, 2.24) is 5.32 Å². The summed E-state index contributed by atoms with van der Waals surface area (Å²) < 4.78 is 50.6. The quantitative estimate of drug-likeness (QED) is 0.282. The normalized spacial score (nSPS) is 17.2. The van der Waals surface area contributed by atoms with Crippen LogP contribution in [0.15, 0.2) is 51.5 Å². The molecule has 1 heterocycles. The SMILES string of the molecule is CCOc1ccc([C@@H]2C(C#N)=C(SCC(=O)Nc3ccc(Br)cc3C(F)(F)F)NC(=O)[C@H]2C(=O)OC)cc1Cl. The van der Waals surface area contributed by atoms with Gasteiger partial charge in [-0.25, -0.2) is 0 Å². The van der Waals surface area contributed by atoms with E-state index < -0.39 is 52.8 Å². The average Bonchev–Trinajstić information content (AvgIpc) is 2.88. The Kier molecular flexibility index (Phi) is 9.93. The van der Waals surface area contributed by atoms with Crippen LogP contribution >= 0.6 is 39.3 Å². The summed E-state index contributed by atoms with van der Waals surface area (Å²) in [5, 5.41) is 14.8. The third kappa shape index (κ3) is 7.06. The highest BCUT2D eigenvalue weighted by Gasteiger charge is 2.44. The van der Waals surface area contributed by atoms with Crippen molar-refractivity contribution in [3.05, 3.63) is 67.6 Å². The molecular weight excluding hydrogens is 627 g/mol. The Morgan fingerprint density at radius 2 is 1.97 bits per heavy atom. The van der Waals surface area contributed by atoms with Crippen molar-refractivity contribution in [2.45, 2.75) is 19.0 Å². The summed E-state index contributed by atoms with van der Waals surface area (Å²) in [7, 11) is 1.10. The van der Waals surface area contributed by atoms with Gasteiger partial charge in [0, 0.05) is 10.4 Å². The Balaban J connectivity index is 1.93. The van der Waals surface area contributed by atoms with Gasteiger partial charge in [-0.05, 0) is 42.8 Å². The van der Waals surface area contributed by atoms with Crippen molar-refractivity contribution >= 4 is 62.8 Å². The van der Waals surface area contributed by atoms with E-state index in [1.165, 1.54) is 18.2 Å². The van der Waals surface area contributed by atoms with E-state index in [-0.39, 0.29) is 20.1 Å². The molecule has 0 fully saturated rings. The number of amides is 2. The van der Waals surface area contributed by atoms with E-state index >= 15 is 0 Å². The minimum Gasteiger partial charge on any atom is -0.492 e. The fraction of sp³-hybridized carbons (Fsp3) is 0.280. The lowest BCUT2D eigenvalue weighted by molar-refractivity contribution is -0.150. The molecule has 206 valence electrons. The number of nitriles is 1. The molecule has 2 atom stereocenters. The van der Waals surface area contributed by atoms with Crippen molar-refractivity contribution in [1.29, 1.82) is 5.26 Å². The van der Waals surface area contributed by atoms with E-state index in [1.807, 2.05) is 6.07 Å². The van der Waals surface area contributed by atoms with Crippen LogP contribution in [0.1, 0.15) is 24.0 Å². The zero-order valence-corrected chi connectivity index (χ0v) is 23.5. The first-order chi connectivity index (χ1) is 18.4. The molecule has 1 aliphatic heterocycles. The molecule has 2 aromatic carbocycles. The largest absolute Gasteiger partial charge is 0.492 e. The van der Waals surface area contributed by atoms with Crippen LogP contribution in [-0.4, -0.2) is 37.3 Å². The number of hydrogen-bond donors (Lipinski definition) is 2. The first-order valence-corrected chi connectivity index (χ1v) is 13.3. The smallest absolute Gasteiger partial charge is 0.418 e. The predicted octanol–water partition coefficient (Wildman–Crippen LogP) is 5.63. The number of halogens is 5. The van der Waals surface area contributed by atoms with Crippen molar-refractivity contribution in [2.24, 2.45) is 5.92 Å². The number of nitrogens with zero attached hydrogens (tertiary/aromatic N) is 1. The third-order valence-electron chi connectivity index (χ3n) is 5.51. The second kappa shape index (κ2) is 12.8. The molecule has 2 aromatic rings. The Bertz CT molecular complexity index is 1380. The van der Waals surface area contributed by atoms with Gasteiger partial charge in [0.1, 0.15) is 11.7 Å². The molecule has 8 nitrogen and oxygen atoms in total. The number of nitrogens with one attached hydrogen (secondary N) is 2. The summed E-state index contributed by atoms with van der Waals surface area (Å²) in [5.74, 6) is -5.14. The number of carbonyl (C=O) groups excluding carboxylic acids is 3. The zero-order valence-electron chi connectivity index (χ0n) is 20.3. The molecule has 2 amide bonds. The molecule has 0 saturated carbocycles. The first kappa shape index (κ1) is 30.3. The lowest BCUT2D eigenvalue weighted by Gasteiger charge is -2.31. The molecule has 2 N–H and O–H groups in total. The van der Waals surface area contributed by atoms with E-state index in [4.69, 9.17) is 21.1 Å². The molecule has 39 heavy (non-hydrogen) atoms. The van der Waals surface area contributed by atoms with Gasteiger partial charge in [-0.15, -0.1) is 0 Å². The number of allylic oxidation sites excluding steroid dienone is 1. The van der Waals surface area contributed by atoms with Crippen LogP contribution in [-0.2, 0) is 25.3 Å². The maximum Gasteiger partial charge on any atom is 0.418 e. The molecule has 0 aromatic heterocycles. The molecule has 0 saturated heterocycles. The van der Waals surface area contributed by atoms with Gasteiger partial charge < -0.3 is 20.1 Å². The number of benzene rings is 2. The van der Waals surface area contributed by atoms with E-state index in [0.717, 1.165) is 31.0 Å². The molecular formula is C25H20BrClF3N3O5S. The van der Waals surface area contributed by atoms with Crippen LogP contribution < -0.4 is 15.4 Å². The van der Waals surface area contributed by atoms with E-state index in [1.54, 1.807) is 13.0 Å². The standard InChI is InChI=1S/C25H20BrClF3N3O5S/c1-3-38-18-7-4-12(8-16(18)27)20-14(10-31)23(33-22(35)21(20)24(36)37-2)39-11-19(34)32-17-6-5-13(26)9-15(17)25(28,29)30/h4-9,20-21H,3,11H2,1-2H3,(H,32,34)(H,33,35)/t20-,21+/m1/s1. The number of methoxy groups -OCH3 is 1. The summed E-state index contributed by atoms with van der Waals surface area (Å²) in [6.07, 6.45) is -4.72. The Hall–Kier alpha value is -3.21. The molecule has 0 spiro atoms. The fourth-order valence-electron chi connectivity index (χ4n) is 3.85. The summed E-state index contributed by atoms with van der Waals surface area (Å²) in [6, 6.07) is 9.80. The van der Waals surface area contributed by atoms with Crippen LogP contribution in [0.3, 0.4) is 0 Å². The minimum absolute atomic E-state index is 0.0281. The van der Waals surface area contributed by atoms with E-state index in [9.17, 15) is 32.8 Å². The highest BCUT2D eigenvalue weighted by atomic mass is 79.9. The van der Waals surface area contributed by atoms with Gasteiger partial charge in [0.25, 0.3) is 0 Å². The minimum atomic E-state index is -4.72. The Labute approximate surface area is 239 Å². The first-order valence-electron chi connectivity index (χ1n) is 11.2. The van der Waals surface area contributed by atoms with E-state index in [2.05, 4.69) is 26.6 Å². The highest BCUT2D eigenvalue weighted by molar-refractivity contribution is 9.10. The average molecular weight is 647 g/mol. The highest BCUT2D eigenvalue weighted by Crippen LogP contribution is 2.42. The van der Waals surface area contributed by atoms with Crippen LogP contribution in [0.5, 0.6) is 5.75 Å². The number of esters is 1. The van der Waals surface area contributed by atoms with Crippen LogP contribution in [0.25, 0.3) is 0 Å². The molecule has 0 unspecified atom stereocenters. The number of anilines is 1. The van der Waals surface area contributed by atoms with Gasteiger partial charge in [-0.1, -0.05) is 45.4 Å². The fourth-order valence-corrected chi connectivity index (χ4v) is 5.30. The van der Waals surface area contributed by atoms with Crippen molar-refractivity contribution in [2.75, 3.05) is 24.8 Å². The number of rotatable bonds is 8. The number of alkyl halides is 3. The third-order valence-corrected chi connectivity index (χ3v) is 7.31. The summed E-state index contributed by atoms with van der Waals surface area (Å²) in [6.45, 7) is 2.10. The summed E-state index contributed by atoms with van der Waals surface area (Å²) in [5.41, 5.74) is -1.21. The predicted molar refractivity (Wildman–Crippen MR) is 142 cm³/mol. The maximum absolute atomic E-state index is 13.4.